The average Bonchev–Trinajstić information content (AvgIpc) is 1.95. The number of halogens is 2. The monoisotopic (exact) mass is 173 g/mol. The number of hydrogen-bond donors (Lipinski definition) is 0. The Labute approximate surface area is 68.0 Å². The van der Waals surface area contributed by atoms with Crippen molar-refractivity contribution in [2.75, 3.05) is 0 Å². The molecule has 0 N–H and O–H groups in total. The normalized spacial score (nSPS) is 9.64. The average molecular weight is 174 g/mol. The lowest BCUT2D eigenvalue weighted by Crippen LogP contribution is -1.92. The highest BCUT2D eigenvalue weighted by Crippen LogP contribution is 2.13. The van der Waals surface area contributed by atoms with E-state index < -0.39 is 5.82 Å². The Balaban J connectivity index is 2.98. The smallest absolute Gasteiger partial charge is 0.142 e. The summed E-state index contributed by atoms with van der Waals surface area (Å²) in [7, 11) is 0. The van der Waals surface area contributed by atoms with E-state index in [1.807, 2.05) is 0 Å². The molecule has 2 nitrogen and oxygen atoms in total. The van der Waals surface area contributed by atoms with Crippen LogP contribution in [0.2, 0.25) is 5.02 Å². The zero-order valence-corrected chi connectivity index (χ0v) is 6.31. The summed E-state index contributed by atoms with van der Waals surface area (Å²) >= 11 is 5.55. The van der Waals surface area contributed by atoms with Gasteiger partial charge < -0.3 is 4.79 Å². The highest BCUT2D eigenvalue weighted by atomic mass is 35.5. The fourth-order valence-electron chi connectivity index (χ4n) is 0.672. The number of rotatable bonds is 2. The minimum Gasteiger partial charge on any atom is -0.303 e. The molecule has 58 valence electrons. The van der Waals surface area contributed by atoms with E-state index in [9.17, 15) is 9.18 Å². The van der Waals surface area contributed by atoms with Gasteiger partial charge in [-0.15, -0.1) is 0 Å². The van der Waals surface area contributed by atoms with Crippen molar-refractivity contribution in [2.24, 2.45) is 0 Å². The Morgan fingerprint density at radius 3 is 3.00 bits per heavy atom. The van der Waals surface area contributed by atoms with E-state index in [1.165, 1.54) is 0 Å². The van der Waals surface area contributed by atoms with Crippen LogP contribution in [-0.2, 0) is 11.2 Å². The maximum absolute atomic E-state index is 12.4. The second-order valence-electron chi connectivity index (χ2n) is 1.95. The Morgan fingerprint density at radius 2 is 2.45 bits per heavy atom. The van der Waals surface area contributed by atoms with Crippen LogP contribution in [0.5, 0.6) is 0 Å². The Kier molecular flexibility index (Phi) is 2.54. The van der Waals surface area contributed by atoms with Gasteiger partial charge in [0.1, 0.15) is 12.1 Å². The maximum atomic E-state index is 12.4. The molecule has 0 saturated carbocycles. The molecule has 0 fully saturated rings. The molecular formula is C7H5ClFNO. The second kappa shape index (κ2) is 3.44. The van der Waals surface area contributed by atoms with Gasteiger partial charge >= 0.3 is 0 Å². The number of aldehydes is 1. The van der Waals surface area contributed by atoms with Crippen molar-refractivity contribution in [3.63, 3.8) is 0 Å². The summed E-state index contributed by atoms with van der Waals surface area (Å²) in [6, 6.07) is 1.13. The lowest BCUT2D eigenvalue weighted by molar-refractivity contribution is -0.107. The zero-order valence-electron chi connectivity index (χ0n) is 5.55. The first kappa shape index (κ1) is 8.14. The molecule has 0 radical (unpaired) electrons. The third-order valence-corrected chi connectivity index (χ3v) is 1.49. The number of hydrogen-bond acceptors (Lipinski definition) is 2. The molecule has 1 rings (SSSR count). The molecule has 0 bridgehead atoms. The van der Waals surface area contributed by atoms with Gasteiger partial charge in [0.05, 0.1) is 16.9 Å². The van der Waals surface area contributed by atoms with Crippen molar-refractivity contribution in [1.29, 1.82) is 0 Å². The van der Waals surface area contributed by atoms with Crippen LogP contribution in [0, 0.1) is 5.82 Å². The van der Waals surface area contributed by atoms with E-state index >= 15 is 0 Å². The number of carbonyl (C=O) groups excluding carboxylic acids is 1. The van der Waals surface area contributed by atoms with E-state index in [0.717, 1.165) is 12.3 Å². The summed E-state index contributed by atoms with van der Waals surface area (Å²) < 4.78 is 12.4. The maximum Gasteiger partial charge on any atom is 0.142 e. The Morgan fingerprint density at radius 1 is 1.73 bits per heavy atom. The van der Waals surface area contributed by atoms with Crippen LogP contribution in [0.25, 0.3) is 0 Å². The van der Waals surface area contributed by atoms with Gasteiger partial charge in [-0.2, -0.15) is 0 Å². The number of nitrogens with zero attached hydrogens (tertiary/aromatic N) is 1. The minimum atomic E-state index is -0.496. The highest BCUT2D eigenvalue weighted by Gasteiger charge is 2.01. The molecule has 0 unspecified atom stereocenters. The van der Waals surface area contributed by atoms with Crippen molar-refractivity contribution in [3.05, 3.63) is 28.8 Å². The van der Waals surface area contributed by atoms with Crippen molar-refractivity contribution in [2.45, 2.75) is 6.42 Å². The quantitative estimate of drug-likeness (QED) is 0.636. The molecule has 0 aliphatic heterocycles. The topological polar surface area (TPSA) is 30.0 Å². The molecule has 4 heteroatoms. The Hall–Kier alpha value is -0.960. The molecule has 0 saturated heterocycles. The molecule has 1 aromatic heterocycles. The van der Waals surface area contributed by atoms with Crippen molar-refractivity contribution < 1.29 is 9.18 Å². The fourth-order valence-corrected chi connectivity index (χ4v) is 0.902. The minimum absolute atomic E-state index is 0.124. The van der Waals surface area contributed by atoms with E-state index in [-0.39, 0.29) is 11.4 Å². The summed E-state index contributed by atoms with van der Waals surface area (Å²) in [5.74, 6) is -0.496. The van der Waals surface area contributed by atoms with Crippen LogP contribution >= 0.6 is 11.6 Å². The van der Waals surface area contributed by atoms with Gasteiger partial charge in [-0.1, -0.05) is 11.6 Å². The summed E-state index contributed by atoms with van der Waals surface area (Å²) in [6.45, 7) is 0. The molecule has 1 heterocycles. The number of pyridine rings is 1. The van der Waals surface area contributed by atoms with E-state index in [4.69, 9.17) is 11.6 Å². The summed E-state index contributed by atoms with van der Waals surface area (Å²) in [5, 5.41) is 0.192. The lowest BCUT2D eigenvalue weighted by atomic mass is 10.3. The lowest BCUT2D eigenvalue weighted by Gasteiger charge is -1.96. The largest absolute Gasteiger partial charge is 0.303 e. The van der Waals surface area contributed by atoms with Crippen molar-refractivity contribution in [3.8, 4) is 0 Å². The van der Waals surface area contributed by atoms with Crippen molar-refractivity contribution >= 4 is 17.9 Å². The molecule has 1 aromatic rings. The first-order chi connectivity index (χ1) is 5.24. The van der Waals surface area contributed by atoms with E-state index in [1.54, 1.807) is 0 Å². The van der Waals surface area contributed by atoms with Gasteiger partial charge in [0.2, 0.25) is 0 Å². The molecule has 0 aliphatic rings. The standard InChI is InChI=1S/C7H5ClFNO/c8-6-3-5(9)4-10-7(6)1-2-11/h2-4H,1H2. The summed E-state index contributed by atoms with van der Waals surface area (Å²) in [5.41, 5.74) is 0.406. The molecule has 0 atom stereocenters. The van der Waals surface area contributed by atoms with E-state index in [2.05, 4.69) is 4.98 Å². The van der Waals surface area contributed by atoms with Crippen molar-refractivity contribution in [1.82, 2.24) is 4.98 Å². The first-order valence-electron chi connectivity index (χ1n) is 2.97. The second-order valence-corrected chi connectivity index (χ2v) is 2.36. The predicted octanol–water partition coefficient (Wildman–Crippen LogP) is 1.62. The third-order valence-electron chi connectivity index (χ3n) is 1.16. The number of aromatic nitrogens is 1. The zero-order chi connectivity index (χ0) is 8.27. The van der Waals surface area contributed by atoms with Gasteiger partial charge in [0.15, 0.2) is 0 Å². The molecule has 0 spiro atoms. The van der Waals surface area contributed by atoms with E-state index in [0.29, 0.717) is 12.0 Å². The summed E-state index contributed by atoms with van der Waals surface area (Å²) in [6.07, 6.45) is 1.83. The SMILES string of the molecule is O=CCc1ncc(F)cc1Cl. The summed E-state index contributed by atoms with van der Waals surface area (Å²) in [4.78, 5) is 13.6. The molecule has 0 aromatic carbocycles. The molecule has 0 aliphatic carbocycles. The van der Waals surface area contributed by atoms with Gasteiger partial charge in [0, 0.05) is 6.42 Å². The van der Waals surface area contributed by atoms with Gasteiger partial charge in [-0.05, 0) is 6.07 Å². The van der Waals surface area contributed by atoms with Gasteiger partial charge in [-0.25, -0.2) is 4.39 Å². The van der Waals surface area contributed by atoms with Crippen LogP contribution in [-0.4, -0.2) is 11.3 Å². The molecule has 0 amide bonds. The third kappa shape index (κ3) is 1.98. The number of carbonyl (C=O) groups is 1. The van der Waals surface area contributed by atoms with Crippen LogP contribution in [0.1, 0.15) is 5.69 Å². The van der Waals surface area contributed by atoms with Gasteiger partial charge in [0.25, 0.3) is 0 Å². The predicted molar refractivity (Wildman–Crippen MR) is 39.0 cm³/mol. The van der Waals surface area contributed by atoms with Crippen LogP contribution < -0.4 is 0 Å². The van der Waals surface area contributed by atoms with Crippen LogP contribution in [0.4, 0.5) is 4.39 Å². The first-order valence-corrected chi connectivity index (χ1v) is 3.35. The Bertz CT molecular complexity index is 277. The fraction of sp³-hybridized carbons (Fsp3) is 0.143. The molecular weight excluding hydrogens is 169 g/mol. The van der Waals surface area contributed by atoms with Gasteiger partial charge in [-0.3, -0.25) is 4.98 Å². The molecule has 11 heavy (non-hydrogen) atoms. The highest BCUT2D eigenvalue weighted by molar-refractivity contribution is 6.31. The van der Waals surface area contributed by atoms with Crippen LogP contribution in [0.15, 0.2) is 12.3 Å². The van der Waals surface area contributed by atoms with Crippen LogP contribution in [0.3, 0.4) is 0 Å².